The fraction of sp³-hybridized carbons (Fsp3) is 0.0833. The third-order valence-electron chi connectivity index (χ3n) is 2.66. The third-order valence-corrected chi connectivity index (χ3v) is 4.25. The maximum absolute atomic E-state index is 13.5. The highest BCUT2D eigenvalue weighted by atomic mass is 35.5. The summed E-state index contributed by atoms with van der Waals surface area (Å²) >= 11 is 5.56. The van der Waals surface area contributed by atoms with E-state index in [0.717, 1.165) is 18.2 Å². The molecule has 0 aliphatic heterocycles. The van der Waals surface area contributed by atoms with E-state index in [9.17, 15) is 30.4 Å². The third kappa shape index (κ3) is 3.91. The molecule has 1 heterocycles. The number of hydrazine groups is 1. The number of sulfonamides is 1. The molecule has 12 heteroatoms. The molecule has 1 aromatic heterocycles. The van der Waals surface area contributed by atoms with Crippen molar-refractivity contribution in [3.05, 3.63) is 52.7 Å². The van der Waals surface area contributed by atoms with E-state index in [2.05, 4.69) is 4.98 Å². The van der Waals surface area contributed by atoms with E-state index in [0.29, 0.717) is 12.3 Å². The summed E-state index contributed by atoms with van der Waals surface area (Å²) in [4.78, 5) is 3.63. The Morgan fingerprint density at radius 2 is 1.71 bits per heavy atom. The number of aromatic nitrogens is 1. The lowest BCUT2D eigenvalue weighted by Crippen LogP contribution is -2.31. The van der Waals surface area contributed by atoms with Crippen LogP contribution in [0.3, 0.4) is 0 Å². The first kappa shape index (κ1) is 18.4. The highest BCUT2D eigenvalue weighted by molar-refractivity contribution is 7.89. The van der Waals surface area contributed by atoms with Crippen LogP contribution in [0.5, 0.6) is 0 Å². The molecular formula is C12H7ClF5N3O2S. The summed E-state index contributed by atoms with van der Waals surface area (Å²) < 4.78 is 88.1. The van der Waals surface area contributed by atoms with Crippen molar-refractivity contribution < 1.29 is 30.4 Å². The van der Waals surface area contributed by atoms with Crippen LogP contribution in [-0.2, 0) is 16.2 Å². The molecule has 2 rings (SSSR count). The highest BCUT2D eigenvalue weighted by Gasteiger charge is 2.32. The van der Waals surface area contributed by atoms with Crippen molar-refractivity contribution in [2.24, 2.45) is 0 Å². The molecule has 0 aliphatic rings. The largest absolute Gasteiger partial charge is 0.417 e. The first-order valence-corrected chi connectivity index (χ1v) is 7.83. The average molecular weight is 388 g/mol. The number of anilines is 1. The van der Waals surface area contributed by atoms with Crippen LogP contribution in [-0.4, -0.2) is 13.4 Å². The molecule has 0 atom stereocenters. The van der Waals surface area contributed by atoms with Crippen molar-refractivity contribution in [2.45, 2.75) is 11.1 Å². The molecule has 5 nitrogen and oxygen atoms in total. The second-order valence-corrected chi connectivity index (χ2v) is 6.36. The lowest BCUT2D eigenvalue weighted by molar-refractivity contribution is -0.137. The monoisotopic (exact) mass is 387 g/mol. The van der Waals surface area contributed by atoms with Gasteiger partial charge in [-0.15, -0.1) is 4.83 Å². The smallest absolute Gasteiger partial charge is 0.291 e. The van der Waals surface area contributed by atoms with Crippen LogP contribution in [0.15, 0.2) is 35.4 Å². The van der Waals surface area contributed by atoms with Crippen molar-refractivity contribution in [2.75, 3.05) is 5.43 Å². The lowest BCUT2D eigenvalue weighted by Gasteiger charge is -2.12. The summed E-state index contributed by atoms with van der Waals surface area (Å²) in [5.74, 6) is -3.18. The molecule has 1 aromatic carbocycles. The summed E-state index contributed by atoms with van der Waals surface area (Å²) in [5, 5.41) is -0.554. The van der Waals surface area contributed by atoms with Gasteiger partial charge in [0, 0.05) is 6.20 Å². The van der Waals surface area contributed by atoms with Gasteiger partial charge in [-0.1, -0.05) is 17.7 Å². The number of nitrogens with zero attached hydrogens (tertiary/aromatic N) is 1. The van der Waals surface area contributed by atoms with Gasteiger partial charge in [0.05, 0.1) is 10.6 Å². The zero-order valence-corrected chi connectivity index (χ0v) is 12.9. The average Bonchev–Trinajstić information content (AvgIpc) is 2.44. The Labute approximate surface area is 137 Å². The lowest BCUT2D eigenvalue weighted by atomic mass is 10.3. The normalized spacial score (nSPS) is 12.2. The molecular weight excluding hydrogens is 381 g/mol. The Balaban J connectivity index is 2.25. The summed E-state index contributed by atoms with van der Waals surface area (Å²) in [7, 11) is -4.71. The van der Waals surface area contributed by atoms with E-state index in [1.54, 1.807) is 4.83 Å². The van der Waals surface area contributed by atoms with Crippen LogP contribution in [0.2, 0.25) is 5.02 Å². The molecule has 0 radical (unpaired) electrons. The molecule has 0 saturated heterocycles. The van der Waals surface area contributed by atoms with Gasteiger partial charge in [-0.25, -0.2) is 22.2 Å². The number of rotatable bonds is 4. The molecule has 0 fully saturated rings. The Kier molecular flexibility index (Phi) is 4.97. The van der Waals surface area contributed by atoms with E-state index < -0.39 is 49.1 Å². The topological polar surface area (TPSA) is 71.1 Å². The first-order chi connectivity index (χ1) is 11.0. The van der Waals surface area contributed by atoms with E-state index in [-0.39, 0.29) is 0 Å². The zero-order chi connectivity index (χ0) is 18.1. The second-order valence-electron chi connectivity index (χ2n) is 4.33. The molecule has 0 bridgehead atoms. The number of nitrogens with one attached hydrogen (secondary N) is 2. The van der Waals surface area contributed by atoms with E-state index >= 15 is 0 Å². The molecule has 2 aromatic rings. The van der Waals surface area contributed by atoms with Gasteiger partial charge in [-0.05, 0) is 18.2 Å². The van der Waals surface area contributed by atoms with Gasteiger partial charge >= 0.3 is 6.18 Å². The number of hydrogen-bond donors (Lipinski definition) is 2. The number of hydrogen-bond acceptors (Lipinski definition) is 4. The zero-order valence-electron chi connectivity index (χ0n) is 11.3. The van der Waals surface area contributed by atoms with Crippen molar-refractivity contribution >= 4 is 27.4 Å². The summed E-state index contributed by atoms with van der Waals surface area (Å²) in [5.41, 5.74) is 0.751. The maximum Gasteiger partial charge on any atom is 0.417 e. The van der Waals surface area contributed by atoms with Gasteiger partial charge in [-0.3, -0.25) is 5.43 Å². The predicted molar refractivity (Wildman–Crippen MR) is 74.6 cm³/mol. The summed E-state index contributed by atoms with van der Waals surface area (Å²) in [6, 6.07) is 2.92. The van der Waals surface area contributed by atoms with Gasteiger partial charge in [0.15, 0.2) is 10.7 Å². The summed E-state index contributed by atoms with van der Waals surface area (Å²) in [6.07, 6.45) is -4.28. The Morgan fingerprint density at radius 3 is 2.21 bits per heavy atom. The van der Waals surface area contributed by atoms with Crippen LogP contribution in [0.1, 0.15) is 5.56 Å². The van der Waals surface area contributed by atoms with Gasteiger partial charge in [0.2, 0.25) is 0 Å². The van der Waals surface area contributed by atoms with Crippen molar-refractivity contribution in [1.82, 2.24) is 9.82 Å². The molecule has 0 spiro atoms. The van der Waals surface area contributed by atoms with Crippen LogP contribution in [0.4, 0.5) is 27.8 Å². The van der Waals surface area contributed by atoms with Crippen molar-refractivity contribution in [3.63, 3.8) is 0 Å². The minimum atomic E-state index is -4.71. The summed E-state index contributed by atoms with van der Waals surface area (Å²) in [6.45, 7) is 0. The quantitative estimate of drug-likeness (QED) is 0.623. The second kappa shape index (κ2) is 6.49. The fourth-order valence-corrected chi connectivity index (χ4v) is 2.79. The first-order valence-electron chi connectivity index (χ1n) is 5.97. The Bertz CT molecular complexity index is 853. The van der Waals surface area contributed by atoms with Gasteiger partial charge in [0.25, 0.3) is 10.0 Å². The van der Waals surface area contributed by atoms with Crippen LogP contribution in [0, 0.1) is 11.6 Å². The molecule has 24 heavy (non-hydrogen) atoms. The van der Waals surface area contributed by atoms with E-state index in [1.165, 1.54) is 0 Å². The van der Waals surface area contributed by atoms with Crippen molar-refractivity contribution in [3.8, 4) is 0 Å². The number of pyridine rings is 1. The predicted octanol–water partition coefficient (Wildman–Crippen LogP) is 3.34. The minimum Gasteiger partial charge on any atom is -0.291 e. The van der Waals surface area contributed by atoms with Gasteiger partial charge in [0.1, 0.15) is 11.6 Å². The number of halogens is 6. The SMILES string of the molecule is O=S(=O)(NNc1ncc(C(F)(F)F)cc1Cl)c1c(F)cccc1F. The van der Waals surface area contributed by atoms with Crippen LogP contribution in [0.25, 0.3) is 0 Å². The molecule has 0 amide bonds. The van der Waals surface area contributed by atoms with Gasteiger partial charge < -0.3 is 0 Å². The van der Waals surface area contributed by atoms with E-state index in [4.69, 9.17) is 11.6 Å². The number of alkyl halides is 3. The molecule has 0 saturated carbocycles. The fourth-order valence-electron chi connectivity index (χ4n) is 1.59. The van der Waals surface area contributed by atoms with Crippen molar-refractivity contribution in [1.29, 1.82) is 0 Å². The molecule has 0 unspecified atom stereocenters. The Morgan fingerprint density at radius 1 is 1.12 bits per heavy atom. The minimum absolute atomic E-state index is 0.409. The maximum atomic E-state index is 13.5. The van der Waals surface area contributed by atoms with E-state index in [1.807, 2.05) is 5.43 Å². The molecule has 130 valence electrons. The Hall–Kier alpha value is -1.98. The molecule has 0 aliphatic carbocycles. The van der Waals surface area contributed by atoms with Crippen LogP contribution < -0.4 is 10.3 Å². The highest BCUT2D eigenvalue weighted by Crippen LogP contribution is 2.32. The standard InChI is InChI=1S/C12H7ClF5N3O2S/c13-7-4-6(12(16,17)18)5-19-11(7)20-21-24(22,23)10-8(14)2-1-3-9(10)15/h1-5,21H,(H,19,20). The van der Waals surface area contributed by atoms with Gasteiger partial charge in [-0.2, -0.15) is 13.2 Å². The number of benzene rings is 1. The van der Waals surface area contributed by atoms with Crippen LogP contribution >= 0.6 is 11.6 Å². The molecule has 2 N–H and O–H groups in total.